The summed E-state index contributed by atoms with van der Waals surface area (Å²) in [5, 5.41) is 27.3. The van der Waals surface area contributed by atoms with Gasteiger partial charge in [-0.2, -0.15) is 10.2 Å². The van der Waals surface area contributed by atoms with Crippen molar-refractivity contribution in [3.8, 4) is 5.75 Å². The number of phenols is 1. The molecule has 0 radical (unpaired) electrons. The number of nitrogens with zero attached hydrogens (tertiary/aromatic N) is 2. The lowest BCUT2D eigenvalue weighted by Gasteiger charge is -2.08. The van der Waals surface area contributed by atoms with Crippen LogP contribution in [0.1, 0.15) is 24.2 Å². The van der Waals surface area contributed by atoms with Gasteiger partial charge < -0.3 is 10.2 Å². The maximum absolute atomic E-state index is 9.65. The number of rotatable bonds is 3. The van der Waals surface area contributed by atoms with E-state index in [1.807, 2.05) is 31.2 Å². The molecule has 0 saturated carbocycles. The highest BCUT2D eigenvalue weighted by atomic mass is 16.3. The molecule has 0 heterocycles. The van der Waals surface area contributed by atoms with E-state index in [1.54, 1.807) is 13.0 Å². The number of azo groups is 1. The Morgan fingerprint density at radius 3 is 2.32 bits per heavy atom. The molecule has 1 unspecified atom stereocenters. The lowest BCUT2D eigenvalue weighted by Crippen LogP contribution is -1.90. The third-order valence-corrected chi connectivity index (χ3v) is 2.77. The zero-order valence-electron chi connectivity index (χ0n) is 10.9. The van der Waals surface area contributed by atoms with Gasteiger partial charge in [0.05, 0.1) is 17.5 Å². The predicted molar refractivity (Wildman–Crippen MR) is 74.1 cm³/mol. The molecule has 0 aromatic heterocycles. The van der Waals surface area contributed by atoms with Crippen LogP contribution in [-0.4, -0.2) is 10.2 Å². The fraction of sp³-hybridized carbons (Fsp3) is 0.200. The van der Waals surface area contributed by atoms with Crippen LogP contribution in [-0.2, 0) is 0 Å². The van der Waals surface area contributed by atoms with Gasteiger partial charge in [0.25, 0.3) is 0 Å². The topological polar surface area (TPSA) is 65.2 Å². The summed E-state index contributed by atoms with van der Waals surface area (Å²) in [4.78, 5) is 0. The minimum absolute atomic E-state index is 0.102. The summed E-state index contributed by atoms with van der Waals surface area (Å²) in [6.45, 7) is 3.63. The van der Waals surface area contributed by atoms with Crippen molar-refractivity contribution in [1.82, 2.24) is 0 Å². The first kappa shape index (κ1) is 13.2. The lowest BCUT2D eigenvalue weighted by atomic mass is 10.1. The molecular formula is C15H16N2O2. The molecule has 0 amide bonds. The van der Waals surface area contributed by atoms with Crippen LogP contribution in [0.25, 0.3) is 0 Å². The first-order chi connectivity index (χ1) is 9.06. The number of aliphatic hydroxyl groups excluding tert-OH is 1. The quantitative estimate of drug-likeness (QED) is 0.809. The molecule has 2 rings (SSSR count). The van der Waals surface area contributed by atoms with Crippen molar-refractivity contribution in [2.75, 3.05) is 0 Å². The molecule has 2 aromatic rings. The fourth-order valence-electron chi connectivity index (χ4n) is 1.69. The molecule has 0 spiro atoms. The third-order valence-electron chi connectivity index (χ3n) is 2.77. The Morgan fingerprint density at radius 2 is 1.68 bits per heavy atom. The number of benzene rings is 2. The molecule has 0 saturated heterocycles. The van der Waals surface area contributed by atoms with E-state index in [0.717, 1.165) is 11.3 Å². The Hall–Kier alpha value is -2.20. The Bertz CT molecular complexity index is 590. The zero-order chi connectivity index (χ0) is 13.8. The molecule has 0 bridgehead atoms. The largest absolute Gasteiger partial charge is 0.508 e. The van der Waals surface area contributed by atoms with E-state index >= 15 is 0 Å². The van der Waals surface area contributed by atoms with E-state index in [4.69, 9.17) is 0 Å². The molecule has 0 aliphatic heterocycles. The van der Waals surface area contributed by atoms with Crippen molar-refractivity contribution < 1.29 is 10.2 Å². The molecule has 4 nitrogen and oxygen atoms in total. The number of aliphatic hydroxyl groups is 1. The van der Waals surface area contributed by atoms with Crippen molar-refractivity contribution in [1.29, 1.82) is 0 Å². The van der Waals surface area contributed by atoms with Crippen LogP contribution in [0.3, 0.4) is 0 Å². The molecule has 0 fully saturated rings. The summed E-state index contributed by atoms with van der Waals surface area (Å²) < 4.78 is 0. The van der Waals surface area contributed by atoms with Gasteiger partial charge in [-0.25, -0.2) is 0 Å². The Labute approximate surface area is 112 Å². The zero-order valence-corrected chi connectivity index (χ0v) is 10.9. The normalized spacial score (nSPS) is 12.8. The lowest BCUT2D eigenvalue weighted by molar-refractivity contribution is 0.199. The molecule has 0 aliphatic carbocycles. The molecule has 1 atom stereocenters. The highest BCUT2D eigenvalue weighted by Crippen LogP contribution is 2.30. The van der Waals surface area contributed by atoms with Crippen molar-refractivity contribution in [3.05, 3.63) is 53.6 Å². The standard InChI is InChI=1S/C15H16N2O2/c1-10-3-5-12(6-4-10)16-17-15-8-7-13(19)9-14(15)11(2)18/h3-9,11,18-19H,1-2H3. The van der Waals surface area contributed by atoms with Crippen LogP contribution in [0.4, 0.5) is 11.4 Å². The third kappa shape index (κ3) is 3.39. The van der Waals surface area contributed by atoms with Crippen LogP contribution >= 0.6 is 0 Å². The van der Waals surface area contributed by atoms with Crippen LogP contribution in [0.5, 0.6) is 5.75 Å². The second-order valence-electron chi connectivity index (χ2n) is 4.45. The fourth-order valence-corrected chi connectivity index (χ4v) is 1.69. The average molecular weight is 256 g/mol. The highest BCUT2D eigenvalue weighted by Gasteiger charge is 2.08. The minimum Gasteiger partial charge on any atom is -0.508 e. The first-order valence-electron chi connectivity index (χ1n) is 6.05. The Balaban J connectivity index is 2.30. The second kappa shape index (κ2) is 5.63. The predicted octanol–water partition coefficient (Wildman–Crippen LogP) is 4.17. The molecule has 0 aliphatic rings. The van der Waals surface area contributed by atoms with Gasteiger partial charge in [0.2, 0.25) is 0 Å². The van der Waals surface area contributed by atoms with Gasteiger partial charge in [-0.05, 0) is 44.2 Å². The molecule has 2 N–H and O–H groups in total. The van der Waals surface area contributed by atoms with Crippen LogP contribution in [0.2, 0.25) is 0 Å². The molecule has 4 heteroatoms. The molecule has 2 aromatic carbocycles. The van der Waals surface area contributed by atoms with Gasteiger partial charge in [0.1, 0.15) is 5.75 Å². The van der Waals surface area contributed by atoms with Gasteiger partial charge >= 0.3 is 0 Å². The summed E-state index contributed by atoms with van der Waals surface area (Å²) in [5.74, 6) is 0.102. The van der Waals surface area contributed by atoms with E-state index in [0.29, 0.717) is 11.3 Å². The number of hydrogen-bond donors (Lipinski definition) is 2. The van der Waals surface area contributed by atoms with E-state index in [9.17, 15) is 10.2 Å². The summed E-state index contributed by atoms with van der Waals surface area (Å²) in [7, 11) is 0. The number of hydrogen-bond acceptors (Lipinski definition) is 4. The first-order valence-corrected chi connectivity index (χ1v) is 6.05. The van der Waals surface area contributed by atoms with Crippen LogP contribution in [0.15, 0.2) is 52.7 Å². The minimum atomic E-state index is -0.709. The van der Waals surface area contributed by atoms with Crippen molar-refractivity contribution >= 4 is 11.4 Å². The summed E-state index contributed by atoms with van der Waals surface area (Å²) in [5.41, 5.74) is 3.01. The second-order valence-corrected chi connectivity index (χ2v) is 4.45. The van der Waals surface area contributed by atoms with Gasteiger partial charge in [0.15, 0.2) is 0 Å². The maximum Gasteiger partial charge on any atom is 0.116 e. The van der Waals surface area contributed by atoms with Crippen LogP contribution < -0.4 is 0 Å². The smallest absolute Gasteiger partial charge is 0.116 e. The molecular weight excluding hydrogens is 240 g/mol. The van der Waals surface area contributed by atoms with Crippen molar-refractivity contribution in [3.63, 3.8) is 0 Å². The summed E-state index contributed by atoms with van der Waals surface area (Å²) in [6.07, 6.45) is -0.709. The van der Waals surface area contributed by atoms with E-state index in [2.05, 4.69) is 10.2 Å². The van der Waals surface area contributed by atoms with Crippen molar-refractivity contribution in [2.45, 2.75) is 20.0 Å². The summed E-state index contributed by atoms with van der Waals surface area (Å²) in [6, 6.07) is 12.3. The van der Waals surface area contributed by atoms with E-state index in [-0.39, 0.29) is 5.75 Å². The Kier molecular flexibility index (Phi) is 3.92. The van der Waals surface area contributed by atoms with Gasteiger partial charge in [0, 0.05) is 5.56 Å². The number of aryl methyl sites for hydroxylation is 1. The highest BCUT2D eigenvalue weighted by molar-refractivity contribution is 5.51. The summed E-state index contributed by atoms with van der Waals surface area (Å²) >= 11 is 0. The van der Waals surface area contributed by atoms with Crippen LogP contribution in [0, 0.1) is 6.92 Å². The molecule has 98 valence electrons. The van der Waals surface area contributed by atoms with E-state index < -0.39 is 6.10 Å². The number of phenolic OH excluding ortho intramolecular Hbond substituents is 1. The van der Waals surface area contributed by atoms with Gasteiger partial charge in [-0.15, -0.1) is 0 Å². The van der Waals surface area contributed by atoms with E-state index in [1.165, 1.54) is 12.1 Å². The monoisotopic (exact) mass is 256 g/mol. The SMILES string of the molecule is Cc1ccc(N=Nc2ccc(O)cc2C(C)O)cc1. The number of aromatic hydroxyl groups is 1. The molecule has 19 heavy (non-hydrogen) atoms. The van der Waals surface area contributed by atoms with Gasteiger partial charge in [-0.3, -0.25) is 0 Å². The Morgan fingerprint density at radius 1 is 1.00 bits per heavy atom. The van der Waals surface area contributed by atoms with Crippen molar-refractivity contribution in [2.24, 2.45) is 10.2 Å². The maximum atomic E-state index is 9.65. The average Bonchev–Trinajstić information content (AvgIpc) is 2.39. The van der Waals surface area contributed by atoms with Gasteiger partial charge in [-0.1, -0.05) is 17.7 Å².